The Hall–Kier alpha value is -3.54. The van der Waals surface area contributed by atoms with Gasteiger partial charge in [0.25, 0.3) is 5.91 Å². The standard InChI is InChI=1S/C26H29F4N5O3/c1-15-17(6-5-7-19(15)26(28,29)30)16(2)33-22-18-12-20(24(37-3)34-23(18)32-14-31-22)25(38-4)8-10-35(11-9-25)21(36)13-27/h5-7,12,14,16H,8-11,13H2,1-4H3,(H,31,32,33,34)/t16-/m1/s1. The number of pyridine rings is 1. The second-order valence-corrected chi connectivity index (χ2v) is 9.24. The van der Waals surface area contributed by atoms with Gasteiger partial charge in [-0.15, -0.1) is 0 Å². The summed E-state index contributed by atoms with van der Waals surface area (Å²) in [5.74, 6) is 0.0973. The van der Waals surface area contributed by atoms with E-state index in [0.717, 1.165) is 6.07 Å². The van der Waals surface area contributed by atoms with Crippen molar-refractivity contribution < 1.29 is 31.8 Å². The molecule has 0 saturated carbocycles. The highest BCUT2D eigenvalue weighted by atomic mass is 19.4. The maximum atomic E-state index is 13.5. The number of halogens is 4. The van der Waals surface area contributed by atoms with E-state index in [1.54, 1.807) is 26.2 Å². The number of ether oxygens (including phenoxy) is 2. The number of anilines is 1. The summed E-state index contributed by atoms with van der Waals surface area (Å²) in [6.07, 6.45) is -2.38. The van der Waals surface area contributed by atoms with Crippen molar-refractivity contribution in [2.75, 3.05) is 39.3 Å². The minimum Gasteiger partial charge on any atom is -0.481 e. The number of fused-ring (bicyclic) bond motifs is 1. The lowest BCUT2D eigenvalue weighted by Crippen LogP contribution is -2.46. The maximum Gasteiger partial charge on any atom is 0.416 e. The second-order valence-electron chi connectivity index (χ2n) is 9.24. The molecule has 1 amide bonds. The van der Waals surface area contributed by atoms with E-state index in [2.05, 4.69) is 20.3 Å². The molecular formula is C26H29F4N5O3. The van der Waals surface area contributed by atoms with Gasteiger partial charge in [0.2, 0.25) is 5.88 Å². The van der Waals surface area contributed by atoms with Crippen LogP contribution in [0.3, 0.4) is 0 Å². The van der Waals surface area contributed by atoms with Gasteiger partial charge in [-0.05, 0) is 49.9 Å². The van der Waals surface area contributed by atoms with E-state index in [1.165, 1.54) is 31.3 Å². The van der Waals surface area contributed by atoms with Gasteiger partial charge in [0.15, 0.2) is 12.3 Å². The van der Waals surface area contributed by atoms with Crippen LogP contribution in [0.25, 0.3) is 11.0 Å². The number of hydrogen-bond donors (Lipinski definition) is 1. The molecule has 1 aliphatic rings. The highest BCUT2D eigenvalue weighted by molar-refractivity contribution is 5.88. The number of alkyl halides is 4. The molecule has 3 aromatic rings. The predicted molar refractivity (Wildman–Crippen MR) is 133 cm³/mol. The van der Waals surface area contributed by atoms with Gasteiger partial charge in [-0.3, -0.25) is 4.79 Å². The Bertz CT molecular complexity index is 1330. The van der Waals surface area contributed by atoms with Crippen molar-refractivity contribution in [1.29, 1.82) is 0 Å². The van der Waals surface area contributed by atoms with Crippen molar-refractivity contribution in [3.63, 3.8) is 0 Å². The molecule has 0 radical (unpaired) electrons. The number of benzene rings is 1. The first-order valence-electron chi connectivity index (χ1n) is 12.1. The van der Waals surface area contributed by atoms with E-state index < -0.39 is 36.0 Å². The summed E-state index contributed by atoms with van der Waals surface area (Å²) < 4.78 is 64.8. The summed E-state index contributed by atoms with van der Waals surface area (Å²) in [5.41, 5.74) is -0.00558. The normalized spacial score (nSPS) is 16.4. The second kappa shape index (κ2) is 10.7. The number of hydrogen-bond acceptors (Lipinski definition) is 7. The predicted octanol–water partition coefficient (Wildman–Crippen LogP) is 4.97. The first-order valence-corrected chi connectivity index (χ1v) is 12.1. The lowest BCUT2D eigenvalue weighted by molar-refractivity contribution is -0.139. The largest absolute Gasteiger partial charge is 0.481 e. The fraction of sp³-hybridized carbons (Fsp3) is 0.462. The SMILES string of the molecule is COc1nc2ncnc(N[C@H](C)c3cccc(C(F)(F)F)c3C)c2cc1C1(OC)CCN(C(=O)CF)CC1. The fourth-order valence-corrected chi connectivity index (χ4v) is 5.07. The molecule has 1 fully saturated rings. The lowest BCUT2D eigenvalue weighted by atomic mass is 9.84. The Morgan fingerprint density at radius 3 is 2.53 bits per heavy atom. The van der Waals surface area contributed by atoms with Crippen LogP contribution in [0.1, 0.15) is 48.1 Å². The van der Waals surface area contributed by atoms with E-state index in [9.17, 15) is 22.4 Å². The van der Waals surface area contributed by atoms with E-state index in [4.69, 9.17) is 9.47 Å². The van der Waals surface area contributed by atoms with Crippen LogP contribution in [0.2, 0.25) is 0 Å². The lowest BCUT2D eigenvalue weighted by Gasteiger charge is -2.41. The van der Waals surface area contributed by atoms with Gasteiger partial charge in [0.05, 0.1) is 24.1 Å². The van der Waals surface area contributed by atoms with Crippen molar-refractivity contribution in [2.45, 2.75) is 44.5 Å². The molecule has 1 saturated heterocycles. The van der Waals surface area contributed by atoms with Crippen LogP contribution in [0.4, 0.5) is 23.4 Å². The third-order valence-electron chi connectivity index (χ3n) is 7.20. The molecule has 38 heavy (non-hydrogen) atoms. The molecule has 3 heterocycles. The molecule has 0 aliphatic carbocycles. The first-order chi connectivity index (χ1) is 18.0. The Labute approximate surface area is 217 Å². The molecule has 4 rings (SSSR count). The Morgan fingerprint density at radius 2 is 1.92 bits per heavy atom. The molecular weight excluding hydrogens is 506 g/mol. The van der Waals surface area contributed by atoms with Crippen LogP contribution in [0.15, 0.2) is 30.6 Å². The monoisotopic (exact) mass is 535 g/mol. The van der Waals surface area contributed by atoms with Gasteiger partial charge in [-0.2, -0.15) is 18.2 Å². The third-order valence-corrected chi connectivity index (χ3v) is 7.20. The number of nitrogens with zero attached hydrogens (tertiary/aromatic N) is 4. The van der Waals surface area contributed by atoms with Gasteiger partial charge in [0, 0.05) is 25.8 Å². The number of carbonyl (C=O) groups is 1. The summed E-state index contributed by atoms with van der Waals surface area (Å²) in [6, 6.07) is 5.36. The quantitative estimate of drug-likeness (QED) is 0.428. The van der Waals surface area contributed by atoms with E-state index in [0.29, 0.717) is 53.9 Å². The molecule has 1 aliphatic heterocycles. The molecule has 0 unspecified atom stereocenters. The van der Waals surface area contributed by atoms with Gasteiger partial charge in [0.1, 0.15) is 17.7 Å². The van der Waals surface area contributed by atoms with Crippen LogP contribution in [0, 0.1) is 6.92 Å². The molecule has 1 N–H and O–H groups in total. The molecule has 204 valence electrons. The van der Waals surface area contributed by atoms with Crippen molar-refractivity contribution in [3.8, 4) is 5.88 Å². The number of rotatable bonds is 7. The van der Waals surface area contributed by atoms with E-state index in [1.807, 2.05) is 0 Å². The van der Waals surface area contributed by atoms with E-state index >= 15 is 0 Å². The van der Waals surface area contributed by atoms with Gasteiger partial charge >= 0.3 is 6.18 Å². The summed E-state index contributed by atoms with van der Waals surface area (Å²) >= 11 is 0. The average Bonchev–Trinajstić information content (AvgIpc) is 2.91. The smallest absolute Gasteiger partial charge is 0.416 e. The molecule has 1 aromatic carbocycles. The molecule has 8 nitrogen and oxygen atoms in total. The number of piperidine rings is 1. The van der Waals surface area contributed by atoms with Crippen molar-refractivity contribution in [3.05, 3.63) is 52.8 Å². The number of aromatic nitrogens is 3. The summed E-state index contributed by atoms with van der Waals surface area (Å²) in [4.78, 5) is 26.5. The highest BCUT2D eigenvalue weighted by Crippen LogP contribution is 2.42. The number of nitrogens with one attached hydrogen (secondary N) is 1. The summed E-state index contributed by atoms with van der Waals surface area (Å²) in [5, 5.41) is 3.74. The van der Waals surface area contributed by atoms with Crippen molar-refractivity contribution in [2.24, 2.45) is 0 Å². The van der Waals surface area contributed by atoms with Crippen LogP contribution in [-0.4, -0.2) is 59.7 Å². The van der Waals surface area contributed by atoms with Crippen LogP contribution < -0.4 is 10.1 Å². The first kappa shape index (κ1) is 27.5. The topological polar surface area (TPSA) is 89.5 Å². The van der Waals surface area contributed by atoms with Gasteiger partial charge < -0.3 is 19.7 Å². The highest BCUT2D eigenvalue weighted by Gasteiger charge is 2.41. The third kappa shape index (κ3) is 5.09. The zero-order valence-corrected chi connectivity index (χ0v) is 21.5. The molecule has 0 bridgehead atoms. The Kier molecular flexibility index (Phi) is 7.73. The minimum atomic E-state index is -4.46. The number of methoxy groups -OCH3 is 2. The fourth-order valence-electron chi connectivity index (χ4n) is 5.07. The molecule has 1 atom stereocenters. The Morgan fingerprint density at radius 1 is 1.21 bits per heavy atom. The van der Waals surface area contributed by atoms with Crippen LogP contribution >= 0.6 is 0 Å². The van der Waals surface area contributed by atoms with Crippen molar-refractivity contribution >= 4 is 22.8 Å². The zero-order chi connectivity index (χ0) is 27.7. The molecule has 12 heteroatoms. The zero-order valence-electron chi connectivity index (χ0n) is 21.5. The number of likely N-dealkylation sites (tertiary alicyclic amines) is 1. The average molecular weight is 536 g/mol. The number of amides is 1. The van der Waals surface area contributed by atoms with Crippen molar-refractivity contribution in [1.82, 2.24) is 19.9 Å². The summed E-state index contributed by atoms with van der Waals surface area (Å²) in [6.45, 7) is 2.72. The molecule has 0 spiro atoms. The van der Waals surface area contributed by atoms with Crippen LogP contribution in [-0.2, 0) is 21.3 Å². The molecule has 2 aromatic heterocycles. The maximum absolute atomic E-state index is 13.5. The Balaban J connectivity index is 1.73. The summed E-state index contributed by atoms with van der Waals surface area (Å²) in [7, 11) is 3.02. The van der Waals surface area contributed by atoms with Crippen LogP contribution in [0.5, 0.6) is 5.88 Å². The van der Waals surface area contributed by atoms with Gasteiger partial charge in [-0.25, -0.2) is 14.4 Å². The van der Waals surface area contributed by atoms with Gasteiger partial charge in [-0.1, -0.05) is 12.1 Å². The number of carbonyl (C=O) groups excluding carboxylic acids is 1. The van der Waals surface area contributed by atoms with E-state index in [-0.39, 0.29) is 11.4 Å². The minimum absolute atomic E-state index is 0.131.